The van der Waals surface area contributed by atoms with Crippen LogP contribution in [-0.2, 0) is 17.6 Å². The van der Waals surface area contributed by atoms with E-state index in [0.29, 0.717) is 12.2 Å². The molecule has 6 atom stereocenters. The van der Waals surface area contributed by atoms with Crippen molar-refractivity contribution in [2.24, 2.45) is 5.73 Å². The Morgan fingerprint density at radius 1 is 1.09 bits per heavy atom. The molecule has 3 rings (SSSR count). The molecule has 6 nitrogen and oxygen atoms in total. The second-order valence-electron chi connectivity index (χ2n) is 8.95. The Bertz CT molecular complexity index is 919. The van der Waals surface area contributed by atoms with Crippen LogP contribution < -0.4 is 5.73 Å². The predicted octanol–water partition coefficient (Wildman–Crippen LogP) is 2.09. The summed E-state index contributed by atoms with van der Waals surface area (Å²) in [6.45, 7) is 2.07. The van der Waals surface area contributed by atoms with Gasteiger partial charge in [0.1, 0.15) is 12.1 Å². The van der Waals surface area contributed by atoms with E-state index in [2.05, 4.69) is 49.6 Å². The third-order valence-corrected chi connectivity index (χ3v) is 8.95. The van der Waals surface area contributed by atoms with Crippen LogP contribution in [0.15, 0.2) is 42.5 Å². The highest BCUT2D eigenvalue weighted by Crippen LogP contribution is 2.48. The quantitative estimate of drug-likeness (QED) is 0.335. The van der Waals surface area contributed by atoms with Gasteiger partial charge in [0.25, 0.3) is 0 Å². The number of carbonyl (C=O) groups is 1. The van der Waals surface area contributed by atoms with Crippen molar-refractivity contribution in [3.8, 4) is 0 Å². The number of aliphatic hydroxyl groups is 3. The molecule has 0 bridgehead atoms. The van der Waals surface area contributed by atoms with Crippen LogP contribution in [0.25, 0.3) is 0 Å². The van der Waals surface area contributed by atoms with E-state index in [0.717, 1.165) is 30.4 Å². The van der Waals surface area contributed by atoms with Gasteiger partial charge in [-0.3, -0.25) is 4.79 Å². The van der Waals surface area contributed by atoms with Gasteiger partial charge in [-0.25, -0.2) is 10.9 Å². The maximum atomic E-state index is 10.8. The second kappa shape index (κ2) is 10.8. The Hall–Kier alpha value is -1.90. The van der Waals surface area contributed by atoms with Gasteiger partial charge in [0, 0.05) is 11.0 Å². The molecule has 1 unspecified atom stereocenters. The molecular formula is C25H35NO5S. The third-order valence-electron chi connectivity index (χ3n) is 6.45. The normalized spacial score (nSPS) is 27.8. The zero-order valence-corrected chi connectivity index (χ0v) is 19.6. The predicted molar refractivity (Wildman–Crippen MR) is 130 cm³/mol. The van der Waals surface area contributed by atoms with Gasteiger partial charge in [0.05, 0.1) is 12.2 Å². The van der Waals surface area contributed by atoms with Crippen molar-refractivity contribution in [3.05, 3.63) is 70.3 Å². The molecule has 1 aliphatic heterocycles. The van der Waals surface area contributed by atoms with Crippen molar-refractivity contribution in [1.29, 1.82) is 0 Å². The number of nitrogens with two attached hydrogens (primary N) is 1. The number of thiol groups is 1. The fraction of sp³-hybridized carbons (Fsp3) is 0.480. The molecule has 2 aromatic carbocycles. The Morgan fingerprint density at radius 2 is 1.75 bits per heavy atom. The molecule has 32 heavy (non-hydrogen) atoms. The molecule has 0 saturated carbocycles. The first kappa shape index (κ1) is 24.7. The van der Waals surface area contributed by atoms with Crippen molar-refractivity contribution < 1.29 is 25.2 Å². The van der Waals surface area contributed by atoms with Gasteiger partial charge in [0.2, 0.25) is 0 Å². The van der Waals surface area contributed by atoms with E-state index in [1.165, 1.54) is 16.7 Å². The fourth-order valence-electron chi connectivity index (χ4n) is 4.40. The summed E-state index contributed by atoms with van der Waals surface area (Å²) >= 11 is 0. The van der Waals surface area contributed by atoms with Crippen LogP contribution in [0.5, 0.6) is 0 Å². The van der Waals surface area contributed by atoms with E-state index < -0.39 is 41.2 Å². The van der Waals surface area contributed by atoms with Crippen molar-refractivity contribution in [2.45, 2.75) is 62.2 Å². The summed E-state index contributed by atoms with van der Waals surface area (Å²) in [5.74, 6) is -0.430. The smallest absolute Gasteiger partial charge is 0.320 e. The second-order valence-corrected chi connectivity index (χ2v) is 11.4. The number of rotatable bonds is 8. The van der Waals surface area contributed by atoms with Crippen molar-refractivity contribution in [1.82, 2.24) is 0 Å². The molecule has 176 valence electrons. The first-order valence-corrected chi connectivity index (χ1v) is 13.1. The van der Waals surface area contributed by atoms with E-state index in [4.69, 9.17) is 10.8 Å². The van der Waals surface area contributed by atoms with E-state index in [-0.39, 0.29) is 5.25 Å². The van der Waals surface area contributed by atoms with Crippen molar-refractivity contribution >= 4 is 16.9 Å². The lowest BCUT2D eigenvalue weighted by molar-refractivity contribution is -0.138. The van der Waals surface area contributed by atoms with Gasteiger partial charge in [-0.05, 0) is 66.7 Å². The highest BCUT2D eigenvalue weighted by molar-refractivity contribution is 8.16. The van der Waals surface area contributed by atoms with Crippen LogP contribution in [0.2, 0.25) is 0 Å². The van der Waals surface area contributed by atoms with E-state index >= 15 is 0 Å². The van der Waals surface area contributed by atoms with E-state index in [9.17, 15) is 20.1 Å². The first-order chi connectivity index (χ1) is 15.2. The number of benzene rings is 2. The summed E-state index contributed by atoms with van der Waals surface area (Å²) in [6, 6.07) is 13.8. The zero-order valence-electron chi connectivity index (χ0n) is 18.7. The summed E-state index contributed by atoms with van der Waals surface area (Å²) in [6.07, 6.45) is 1.89. The first-order valence-electron chi connectivity index (χ1n) is 11.1. The number of hydrogen-bond acceptors (Lipinski definition) is 5. The van der Waals surface area contributed by atoms with Crippen LogP contribution in [0.1, 0.15) is 45.9 Å². The number of hydrogen-bond donors (Lipinski definition) is 6. The van der Waals surface area contributed by atoms with E-state index in [1.807, 2.05) is 6.07 Å². The summed E-state index contributed by atoms with van der Waals surface area (Å²) in [7, 11) is -0.643. The molecule has 0 spiro atoms. The molecule has 0 aliphatic carbocycles. The fourth-order valence-corrected chi connectivity index (χ4v) is 6.80. The minimum atomic E-state index is -1.11. The Labute approximate surface area is 192 Å². The van der Waals surface area contributed by atoms with Crippen LogP contribution >= 0.6 is 10.9 Å². The van der Waals surface area contributed by atoms with Gasteiger partial charge in [0.15, 0.2) is 0 Å². The number of carboxylic acids is 1. The minimum absolute atomic E-state index is 0.151. The molecule has 0 radical (unpaired) electrons. The monoisotopic (exact) mass is 461 g/mol. The molecule has 6 N–H and O–H groups in total. The van der Waals surface area contributed by atoms with Crippen LogP contribution in [-0.4, -0.2) is 62.8 Å². The lowest BCUT2D eigenvalue weighted by Crippen LogP contribution is -2.47. The average molecular weight is 462 g/mol. The third kappa shape index (κ3) is 5.91. The molecule has 2 aromatic rings. The molecular weight excluding hydrogens is 426 g/mol. The lowest BCUT2D eigenvalue weighted by Gasteiger charge is -2.42. The summed E-state index contributed by atoms with van der Waals surface area (Å²) < 4.78 is 0. The van der Waals surface area contributed by atoms with Gasteiger partial charge < -0.3 is 26.2 Å². The largest absolute Gasteiger partial charge is 0.480 e. The molecule has 7 heteroatoms. The van der Waals surface area contributed by atoms with Crippen LogP contribution in [0.4, 0.5) is 0 Å². The Kier molecular flexibility index (Phi) is 8.36. The Balaban J connectivity index is 1.68. The number of carboxylic acid groups (broad SMARTS) is 1. The van der Waals surface area contributed by atoms with Gasteiger partial charge in [-0.2, -0.15) is 0 Å². The molecule has 0 amide bonds. The van der Waals surface area contributed by atoms with Gasteiger partial charge in [-0.1, -0.05) is 42.5 Å². The molecule has 1 heterocycles. The number of aliphatic hydroxyl groups excluding tert-OH is 3. The van der Waals surface area contributed by atoms with Crippen LogP contribution in [0, 0.1) is 6.92 Å². The van der Waals surface area contributed by atoms with E-state index in [1.54, 1.807) is 0 Å². The maximum Gasteiger partial charge on any atom is 0.320 e. The highest BCUT2D eigenvalue weighted by atomic mass is 32.2. The van der Waals surface area contributed by atoms with Crippen molar-refractivity contribution in [2.75, 3.05) is 12.0 Å². The minimum Gasteiger partial charge on any atom is -0.480 e. The molecule has 1 saturated heterocycles. The van der Waals surface area contributed by atoms with Gasteiger partial charge >= 0.3 is 5.97 Å². The summed E-state index contributed by atoms with van der Waals surface area (Å²) in [4.78, 5) is 10.8. The number of aryl methyl sites for hydroxylation is 2. The standard InChI is InChI=1S/C25H35NO5S/c1-15-6-11-18(24-23(29)22(28)21(27)14-32(24)2)13-19(15)12-17-9-7-16(8-10-17)4-3-5-20(26)25(30)31/h6-11,13,20-24,27-29,32H,3-5,12,14,26H2,1-2H3,(H,30,31)/t20-,21+,22+,23+,24-/m0/s1. The van der Waals surface area contributed by atoms with Crippen LogP contribution in [0.3, 0.4) is 0 Å². The van der Waals surface area contributed by atoms with Gasteiger partial charge in [-0.15, -0.1) is 0 Å². The topological polar surface area (TPSA) is 124 Å². The molecule has 1 fully saturated rings. The Morgan fingerprint density at radius 3 is 2.41 bits per heavy atom. The summed E-state index contributed by atoms with van der Waals surface area (Å²) in [5, 5.41) is 39.5. The molecule has 1 aliphatic rings. The number of aliphatic carboxylic acids is 1. The lowest BCUT2D eigenvalue weighted by atomic mass is 9.93. The van der Waals surface area contributed by atoms with Crippen molar-refractivity contribution in [3.63, 3.8) is 0 Å². The highest BCUT2D eigenvalue weighted by Gasteiger charge is 2.40. The molecule has 0 aromatic heterocycles. The SMILES string of the molecule is Cc1ccc([C@H]2[C@H](O)[C@H](O)[C@H](O)C[SH]2C)cc1Cc1ccc(CCC[C@H](N)C(=O)O)cc1. The average Bonchev–Trinajstić information content (AvgIpc) is 2.75. The maximum absolute atomic E-state index is 10.8. The zero-order chi connectivity index (χ0) is 23.4. The summed E-state index contributed by atoms with van der Waals surface area (Å²) in [5.41, 5.74) is 11.3.